The molecule has 0 radical (unpaired) electrons. The molecule has 7 nitrogen and oxygen atoms in total. The fraction of sp³-hybridized carbons (Fsp3) is 0.588. The lowest BCUT2D eigenvalue weighted by Gasteiger charge is -2.30. The Kier molecular flexibility index (Phi) is 3.78. The van der Waals surface area contributed by atoms with Crippen molar-refractivity contribution in [2.24, 2.45) is 11.8 Å². The molecule has 0 bridgehead atoms. The van der Waals surface area contributed by atoms with Crippen molar-refractivity contribution in [3.63, 3.8) is 0 Å². The molecule has 24 heavy (non-hydrogen) atoms. The summed E-state index contributed by atoms with van der Waals surface area (Å²) in [6, 6.07) is 0. The quantitative estimate of drug-likeness (QED) is 0.859. The van der Waals surface area contributed by atoms with Gasteiger partial charge in [-0.05, 0) is 32.1 Å². The van der Waals surface area contributed by atoms with Gasteiger partial charge < -0.3 is 9.42 Å². The number of carbonyl (C=O) groups is 1. The lowest BCUT2D eigenvalue weighted by Crippen LogP contribution is -2.39. The zero-order valence-corrected chi connectivity index (χ0v) is 14.0. The van der Waals surface area contributed by atoms with Gasteiger partial charge >= 0.3 is 0 Å². The molecule has 7 heteroatoms. The molecule has 0 aromatic carbocycles. The van der Waals surface area contributed by atoms with Crippen LogP contribution in [0.3, 0.4) is 0 Å². The van der Waals surface area contributed by atoms with Crippen LogP contribution in [0.25, 0.3) is 11.6 Å². The van der Waals surface area contributed by atoms with E-state index in [1.54, 1.807) is 12.4 Å². The van der Waals surface area contributed by atoms with E-state index in [1.165, 1.54) is 0 Å². The van der Waals surface area contributed by atoms with E-state index in [-0.39, 0.29) is 11.8 Å². The minimum absolute atomic E-state index is 0.238. The second-order valence-electron chi connectivity index (χ2n) is 6.92. The molecule has 0 N–H and O–H groups in total. The monoisotopic (exact) mass is 327 g/mol. The number of hydrogen-bond acceptors (Lipinski definition) is 6. The van der Waals surface area contributed by atoms with Crippen LogP contribution in [0.4, 0.5) is 0 Å². The second kappa shape index (κ2) is 5.96. The number of piperidine rings is 1. The molecule has 3 heterocycles. The highest BCUT2D eigenvalue weighted by molar-refractivity contribution is 5.81. The molecule has 2 fully saturated rings. The summed E-state index contributed by atoms with van der Waals surface area (Å²) in [6.45, 7) is 5.58. The lowest BCUT2D eigenvalue weighted by molar-refractivity contribution is -0.133. The van der Waals surface area contributed by atoms with Crippen LogP contribution in [0.5, 0.6) is 0 Å². The van der Waals surface area contributed by atoms with Gasteiger partial charge in [0, 0.05) is 31.1 Å². The van der Waals surface area contributed by atoms with Crippen LogP contribution in [0.1, 0.15) is 43.6 Å². The summed E-state index contributed by atoms with van der Waals surface area (Å²) >= 11 is 0. The van der Waals surface area contributed by atoms with Crippen molar-refractivity contribution in [2.45, 2.75) is 39.0 Å². The first-order chi connectivity index (χ1) is 11.6. The fourth-order valence-electron chi connectivity index (χ4n) is 3.27. The molecule has 2 aliphatic rings. The molecule has 126 valence electrons. The second-order valence-corrected chi connectivity index (χ2v) is 6.92. The Morgan fingerprint density at radius 2 is 2.00 bits per heavy atom. The third-order valence-electron chi connectivity index (χ3n) is 5.04. The van der Waals surface area contributed by atoms with Gasteiger partial charge in [0.15, 0.2) is 5.82 Å². The summed E-state index contributed by atoms with van der Waals surface area (Å²) in [7, 11) is 0. The zero-order valence-electron chi connectivity index (χ0n) is 14.0. The third-order valence-corrected chi connectivity index (χ3v) is 5.04. The molecule has 1 saturated carbocycles. The molecule has 2 aromatic heterocycles. The molecular weight excluding hydrogens is 306 g/mol. The topological polar surface area (TPSA) is 85.0 Å². The van der Waals surface area contributed by atoms with Crippen LogP contribution in [-0.2, 0) is 4.79 Å². The first-order valence-electron chi connectivity index (χ1n) is 8.53. The molecule has 2 unspecified atom stereocenters. The van der Waals surface area contributed by atoms with Crippen LogP contribution >= 0.6 is 0 Å². The van der Waals surface area contributed by atoms with Crippen molar-refractivity contribution < 1.29 is 9.32 Å². The predicted molar refractivity (Wildman–Crippen MR) is 85.9 cm³/mol. The number of hydrogen-bond donors (Lipinski definition) is 0. The van der Waals surface area contributed by atoms with Gasteiger partial charge in [-0.3, -0.25) is 9.78 Å². The zero-order chi connectivity index (χ0) is 16.7. The maximum absolute atomic E-state index is 12.3. The lowest BCUT2D eigenvalue weighted by atomic mass is 9.96. The molecule has 4 rings (SSSR count). The van der Waals surface area contributed by atoms with Gasteiger partial charge in [-0.25, -0.2) is 4.98 Å². The summed E-state index contributed by atoms with van der Waals surface area (Å²) in [6.07, 6.45) is 6.13. The molecule has 1 saturated heterocycles. The number of nitrogens with zero attached hydrogens (tertiary/aromatic N) is 5. The largest absolute Gasteiger partial charge is 0.342 e. The molecule has 2 atom stereocenters. The Labute approximate surface area is 140 Å². The summed E-state index contributed by atoms with van der Waals surface area (Å²) in [5.41, 5.74) is 1.44. The van der Waals surface area contributed by atoms with Gasteiger partial charge in [0.1, 0.15) is 5.69 Å². The van der Waals surface area contributed by atoms with Crippen molar-refractivity contribution in [3.05, 3.63) is 23.9 Å². The highest BCUT2D eigenvalue weighted by Crippen LogP contribution is 2.40. The average molecular weight is 327 g/mol. The Morgan fingerprint density at radius 1 is 1.25 bits per heavy atom. The number of rotatable bonds is 3. The van der Waals surface area contributed by atoms with Gasteiger partial charge in [0.2, 0.25) is 5.91 Å². The predicted octanol–water partition coefficient (Wildman–Crippen LogP) is 2.20. The first kappa shape index (κ1) is 15.2. The number of aryl methyl sites for hydroxylation is 1. The minimum Gasteiger partial charge on any atom is -0.342 e. The van der Waals surface area contributed by atoms with Gasteiger partial charge in [-0.1, -0.05) is 12.1 Å². The summed E-state index contributed by atoms with van der Waals surface area (Å²) in [5, 5.41) is 4.11. The Morgan fingerprint density at radius 3 is 2.62 bits per heavy atom. The number of aromatic nitrogens is 4. The van der Waals surface area contributed by atoms with E-state index in [0.29, 0.717) is 29.2 Å². The normalized spacial score (nSPS) is 24.2. The van der Waals surface area contributed by atoms with E-state index >= 15 is 0 Å². The van der Waals surface area contributed by atoms with Crippen molar-refractivity contribution >= 4 is 5.91 Å². The maximum atomic E-state index is 12.3. The Balaban J connectivity index is 1.39. The number of amides is 1. The van der Waals surface area contributed by atoms with Crippen LogP contribution in [0.2, 0.25) is 0 Å². The van der Waals surface area contributed by atoms with Gasteiger partial charge in [0.05, 0.1) is 11.9 Å². The van der Waals surface area contributed by atoms with Gasteiger partial charge in [0.25, 0.3) is 5.89 Å². The Bertz CT molecular complexity index is 734. The van der Waals surface area contributed by atoms with Crippen molar-refractivity contribution in [2.75, 3.05) is 13.1 Å². The van der Waals surface area contributed by atoms with E-state index < -0.39 is 0 Å². The molecule has 2 aromatic rings. The standard InChI is InChI=1S/C17H21N5O2/c1-10-7-13(10)17(23)22-5-3-12(4-6-22)15-20-16(24-21-15)14-9-18-11(2)8-19-14/h8-10,12-13H,3-7H2,1-2H3. The van der Waals surface area contributed by atoms with Crippen LogP contribution in [0.15, 0.2) is 16.9 Å². The number of likely N-dealkylation sites (tertiary alicyclic amines) is 1. The molecular formula is C17H21N5O2. The average Bonchev–Trinajstić information content (AvgIpc) is 3.13. The van der Waals surface area contributed by atoms with Crippen molar-refractivity contribution in [1.29, 1.82) is 0 Å². The molecule has 0 spiro atoms. The van der Waals surface area contributed by atoms with Crippen molar-refractivity contribution in [1.82, 2.24) is 25.0 Å². The Hall–Kier alpha value is -2.31. The highest BCUT2D eigenvalue weighted by atomic mass is 16.5. The first-order valence-corrected chi connectivity index (χ1v) is 8.53. The highest BCUT2D eigenvalue weighted by Gasteiger charge is 2.42. The van der Waals surface area contributed by atoms with E-state index in [9.17, 15) is 4.79 Å². The number of carbonyl (C=O) groups excluding carboxylic acids is 1. The summed E-state index contributed by atoms with van der Waals surface area (Å²) in [5.74, 6) is 2.50. The SMILES string of the molecule is Cc1cnc(-c2nc(C3CCN(C(=O)C4CC4C)CC3)no2)cn1. The van der Waals surface area contributed by atoms with E-state index in [4.69, 9.17) is 4.52 Å². The van der Waals surface area contributed by atoms with Crippen LogP contribution in [-0.4, -0.2) is 44.0 Å². The van der Waals surface area contributed by atoms with Crippen LogP contribution < -0.4 is 0 Å². The molecule has 1 aliphatic heterocycles. The van der Waals surface area contributed by atoms with Gasteiger partial charge in [-0.2, -0.15) is 4.98 Å². The van der Waals surface area contributed by atoms with Crippen LogP contribution in [0, 0.1) is 18.8 Å². The smallest absolute Gasteiger partial charge is 0.278 e. The maximum Gasteiger partial charge on any atom is 0.278 e. The van der Waals surface area contributed by atoms with Crippen molar-refractivity contribution in [3.8, 4) is 11.6 Å². The van der Waals surface area contributed by atoms with E-state index in [2.05, 4.69) is 27.0 Å². The minimum atomic E-state index is 0.238. The summed E-state index contributed by atoms with van der Waals surface area (Å²) in [4.78, 5) is 27.2. The van der Waals surface area contributed by atoms with Gasteiger partial charge in [-0.15, -0.1) is 0 Å². The summed E-state index contributed by atoms with van der Waals surface area (Å²) < 4.78 is 5.34. The molecule has 1 aliphatic carbocycles. The van der Waals surface area contributed by atoms with E-state index in [1.807, 2.05) is 11.8 Å². The fourth-order valence-corrected chi connectivity index (χ4v) is 3.27. The third kappa shape index (κ3) is 2.90. The molecule has 1 amide bonds. The van der Waals surface area contributed by atoms with E-state index in [0.717, 1.165) is 38.0 Å².